The van der Waals surface area contributed by atoms with Crippen LogP contribution in [0.5, 0.6) is 0 Å². The molecular formula is C13H13N3O4. The molecule has 0 saturated carbocycles. The van der Waals surface area contributed by atoms with Crippen LogP contribution in [0.25, 0.3) is 0 Å². The van der Waals surface area contributed by atoms with Crippen molar-refractivity contribution < 1.29 is 14.5 Å². The van der Waals surface area contributed by atoms with Crippen molar-refractivity contribution in [2.45, 2.75) is 24.8 Å². The Balaban J connectivity index is 2.11. The summed E-state index contributed by atoms with van der Waals surface area (Å²) in [6.07, 6.45) is 0.384. The fraction of sp³-hybridized carbons (Fsp3) is 0.385. The van der Waals surface area contributed by atoms with Crippen molar-refractivity contribution >= 4 is 17.6 Å². The van der Waals surface area contributed by atoms with Gasteiger partial charge in [-0.05, 0) is 11.1 Å². The number of non-ortho nitro benzene ring substituents is 1. The summed E-state index contributed by atoms with van der Waals surface area (Å²) in [6.45, 7) is 1.82. The zero-order chi connectivity index (χ0) is 14.7. The third-order valence-electron chi connectivity index (χ3n) is 4.50. The first-order valence-electron chi connectivity index (χ1n) is 6.24. The van der Waals surface area contributed by atoms with Gasteiger partial charge >= 0.3 is 6.03 Å². The van der Waals surface area contributed by atoms with Gasteiger partial charge in [0, 0.05) is 31.5 Å². The lowest BCUT2D eigenvalue weighted by atomic mass is 9.85. The molecule has 0 bridgehead atoms. The minimum atomic E-state index is -0.964. The SMILES string of the molecule is CC1c2cc([N+](=O)[O-])ccc2CC12C(=O)NC(=O)N2C. The molecule has 7 nitrogen and oxygen atoms in total. The predicted octanol–water partition coefficient (Wildman–Crippen LogP) is 1.17. The van der Waals surface area contributed by atoms with Crippen molar-refractivity contribution in [2.75, 3.05) is 7.05 Å². The number of hydrogen-bond donors (Lipinski definition) is 1. The summed E-state index contributed by atoms with van der Waals surface area (Å²) in [5, 5.41) is 13.2. The average Bonchev–Trinajstić information content (AvgIpc) is 2.81. The van der Waals surface area contributed by atoms with Gasteiger partial charge in [0.15, 0.2) is 0 Å². The first-order valence-corrected chi connectivity index (χ1v) is 6.24. The van der Waals surface area contributed by atoms with Crippen molar-refractivity contribution in [3.8, 4) is 0 Å². The van der Waals surface area contributed by atoms with Crippen molar-refractivity contribution in [2.24, 2.45) is 0 Å². The molecule has 1 N–H and O–H groups in total. The highest BCUT2D eigenvalue weighted by atomic mass is 16.6. The van der Waals surface area contributed by atoms with Crippen molar-refractivity contribution in [3.05, 3.63) is 39.4 Å². The molecule has 1 aliphatic heterocycles. The monoisotopic (exact) mass is 275 g/mol. The zero-order valence-corrected chi connectivity index (χ0v) is 11.0. The first kappa shape index (κ1) is 12.6. The second kappa shape index (κ2) is 3.78. The summed E-state index contributed by atoms with van der Waals surface area (Å²) < 4.78 is 0. The number of fused-ring (bicyclic) bond motifs is 1. The van der Waals surface area contributed by atoms with Crippen LogP contribution >= 0.6 is 0 Å². The van der Waals surface area contributed by atoms with Gasteiger partial charge in [0.2, 0.25) is 0 Å². The van der Waals surface area contributed by atoms with Crippen molar-refractivity contribution in [3.63, 3.8) is 0 Å². The number of carbonyl (C=O) groups excluding carboxylic acids is 2. The summed E-state index contributed by atoms with van der Waals surface area (Å²) >= 11 is 0. The van der Waals surface area contributed by atoms with Crippen LogP contribution in [0.4, 0.5) is 10.5 Å². The van der Waals surface area contributed by atoms with E-state index in [2.05, 4.69) is 5.32 Å². The normalized spacial score (nSPS) is 27.9. The smallest absolute Gasteiger partial charge is 0.312 e. The molecule has 1 aromatic rings. The van der Waals surface area contributed by atoms with Crippen LogP contribution in [-0.4, -0.2) is 34.3 Å². The Morgan fingerprint density at radius 1 is 1.45 bits per heavy atom. The third-order valence-corrected chi connectivity index (χ3v) is 4.50. The molecule has 3 amide bonds. The van der Waals surface area contributed by atoms with E-state index in [1.54, 1.807) is 13.1 Å². The minimum absolute atomic E-state index is 0.0000321. The number of nitro groups is 1. The fourth-order valence-corrected chi connectivity index (χ4v) is 3.27. The van der Waals surface area contributed by atoms with Crippen LogP contribution in [0.15, 0.2) is 18.2 Å². The maximum Gasteiger partial charge on any atom is 0.324 e. The Bertz CT molecular complexity index is 657. The largest absolute Gasteiger partial charge is 0.324 e. The molecule has 0 aromatic heterocycles. The van der Waals surface area contributed by atoms with Gasteiger partial charge in [-0.15, -0.1) is 0 Å². The number of imide groups is 1. The van der Waals surface area contributed by atoms with E-state index in [0.717, 1.165) is 11.1 Å². The van der Waals surface area contributed by atoms with Crippen LogP contribution < -0.4 is 5.32 Å². The first-order chi connectivity index (χ1) is 9.37. The molecule has 2 aliphatic rings. The molecule has 1 fully saturated rings. The van der Waals surface area contributed by atoms with Gasteiger partial charge in [-0.1, -0.05) is 13.0 Å². The molecule has 1 heterocycles. The Hall–Kier alpha value is -2.44. The maximum atomic E-state index is 12.2. The third kappa shape index (κ3) is 1.34. The van der Waals surface area contributed by atoms with E-state index in [0.29, 0.717) is 6.42 Å². The Morgan fingerprint density at radius 2 is 2.15 bits per heavy atom. The van der Waals surface area contributed by atoms with E-state index in [1.165, 1.54) is 17.0 Å². The number of urea groups is 1. The molecule has 0 radical (unpaired) electrons. The van der Waals surface area contributed by atoms with Crippen LogP contribution in [0, 0.1) is 10.1 Å². The van der Waals surface area contributed by atoms with Gasteiger partial charge in [0.25, 0.3) is 11.6 Å². The van der Waals surface area contributed by atoms with Gasteiger partial charge in [0.05, 0.1) is 4.92 Å². The van der Waals surface area contributed by atoms with Gasteiger partial charge < -0.3 is 4.90 Å². The average molecular weight is 275 g/mol. The van der Waals surface area contributed by atoms with Crippen molar-refractivity contribution in [1.82, 2.24) is 10.2 Å². The van der Waals surface area contributed by atoms with Crippen LogP contribution in [0.2, 0.25) is 0 Å². The topological polar surface area (TPSA) is 92.5 Å². The number of amides is 3. The summed E-state index contributed by atoms with van der Waals surface area (Å²) in [6, 6.07) is 4.17. The van der Waals surface area contributed by atoms with E-state index in [-0.39, 0.29) is 17.5 Å². The lowest BCUT2D eigenvalue weighted by molar-refractivity contribution is -0.384. The molecule has 2 atom stereocenters. The molecule has 2 unspecified atom stereocenters. The fourth-order valence-electron chi connectivity index (χ4n) is 3.27. The molecule has 7 heteroatoms. The Morgan fingerprint density at radius 3 is 2.70 bits per heavy atom. The zero-order valence-electron chi connectivity index (χ0n) is 11.0. The lowest BCUT2D eigenvalue weighted by Crippen LogP contribution is -2.50. The minimum Gasteiger partial charge on any atom is -0.312 e. The van der Waals surface area contributed by atoms with Gasteiger partial charge in [-0.2, -0.15) is 0 Å². The van der Waals surface area contributed by atoms with Gasteiger partial charge in [0.1, 0.15) is 5.54 Å². The molecule has 1 saturated heterocycles. The van der Waals surface area contributed by atoms with E-state index >= 15 is 0 Å². The number of nitrogens with zero attached hydrogens (tertiary/aromatic N) is 2. The second-order valence-corrected chi connectivity index (χ2v) is 5.28. The molecular weight excluding hydrogens is 262 g/mol. The number of nitro benzene ring substituents is 1. The summed E-state index contributed by atoms with van der Waals surface area (Å²) in [5.74, 6) is -0.620. The second-order valence-electron chi connectivity index (χ2n) is 5.28. The summed E-state index contributed by atoms with van der Waals surface area (Å²) in [4.78, 5) is 35.7. The van der Waals surface area contributed by atoms with Gasteiger partial charge in [-0.3, -0.25) is 20.2 Å². The van der Waals surface area contributed by atoms with Crippen molar-refractivity contribution in [1.29, 1.82) is 0 Å². The molecule has 1 spiro atoms. The van der Waals surface area contributed by atoms with E-state index in [9.17, 15) is 19.7 Å². The van der Waals surface area contributed by atoms with E-state index in [4.69, 9.17) is 0 Å². The summed E-state index contributed by atoms with van der Waals surface area (Å²) in [7, 11) is 1.58. The number of rotatable bonds is 1. The van der Waals surface area contributed by atoms with Crippen LogP contribution in [0.1, 0.15) is 24.0 Å². The molecule has 1 aromatic carbocycles. The number of nitrogens with one attached hydrogen (secondary N) is 1. The highest BCUT2D eigenvalue weighted by Crippen LogP contribution is 2.46. The van der Waals surface area contributed by atoms with Gasteiger partial charge in [-0.25, -0.2) is 4.79 Å². The summed E-state index contributed by atoms with van der Waals surface area (Å²) in [5.41, 5.74) is 0.671. The van der Waals surface area contributed by atoms with Crippen LogP contribution in [-0.2, 0) is 11.2 Å². The number of hydrogen-bond acceptors (Lipinski definition) is 4. The molecule has 104 valence electrons. The number of benzene rings is 1. The standard InChI is InChI=1S/C13H13N3O4/c1-7-10-5-9(16(19)20)4-3-8(10)6-13(7)11(17)14-12(18)15(13)2/h3-5,7H,6H2,1-2H3,(H,14,17,18). The quantitative estimate of drug-likeness (QED) is 0.473. The Kier molecular flexibility index (Phi) is 2.38. The predicted molar refractivity (Wildman–Crippen MR) is 69.2 cm³/mol. The number of carbonyl (C=O) groups is 2. The highest BCUT2D eigenvalue weighted by Gasteiger charge is 2.58. The molecule has 3 rings (SSSR count). The highest BCUT2D eigenvalue weighted by molar-refractivity contribution is 6.08. The lowest BCUT2D eigenvalue weighted by Gasteiger charge is -2.32. The van der Waals surface area contributed by atoms with Crippen LogP contribution in [0.3, 0.4) is 0 Å². The van der Waals surface area contributed by atoms with E-state index in [1.807, 2.05) is 6.92 Å². The maximum absolute atomic E-state index is 12.2. The number of likely N-dealkylation sites (N-methyl/N-ethyl adjacent to an activating group) is 1. The van der Waals surface area contributed by atoms with E-state index < -0.39 is 16.5 Å². The molecule has 1 aliphatic carbocycles. The molecule has 20 heavy (non-hydrogen) atoms. The Labute approximate surface area is 114 Å².